The van der Waals surface area contributed by atoms with Gasteiger partial charge < -0.3 is 0 Å². The number of hydrogen-bond donors (Lipinski definition) is 1. The minimum atomic E-state index is -3.27. The summed E-state index contributed by atoms with van der Waals surface area (Å²) < 4.78 is 26.0. The Morgan fingerprint density at radius 2 is 2.09 bits per heavy atom. The Labute approximate surface area is 135 Å². The van der Waals surface area contributed by atoms with Gasteiger partial charge in [0.05, 0.1) is 16.5 Å². The van der Waals surface area contributed by atoms with E-state index in [0.29, 0.717) is 5.13 Å². The molecule has 1 fully saturated rings. The number of piperidine rings is 1. The van der Waals surface area contributed by atoms with Crippen molar-refractivity contribution in [2.45, 2.75) is 26.3 Å². The second-order valence-corrected chi connectivity index (χ2v) is 8.93. The lowest BCUT2D eigenvalue weighted by Crippen LogP contribution is -2.32. The highest BCUT2D eigenvalue weighted by atomic mass is 32.2. The van der Waals surface area contributed by atoms with Crippen molar-refractivity contribution in [3.8, 4) is 0 Å². The summed E-state index contributed by atoms with van der Waals surface area (Å²) in [6, 6.07) is 6.18. The quantitative estimate of drug-likeness (QED) is 0.930. The molecule has 1 aromatic heterocycles. The summed E-state index contributed by atoms with van der Waals surface area (Å²) >= 11 is 1.38. The van der Waals surface area contributed by atoms with Crippen LogP contribution in [0.4, 0.5) is 5.13 Å². The van der Waals surface area contributed by atoms with E-state index in [9.17, 15) is 8.42 Å². The molecule has 2 aromatic rings. The third-order valence-corrected chi connectivity index (χ3v) is 5.63. The number of sulfonamides is 1. The van der Waals surface area contributed by atoms with E-state index < -0.39 is 10.0 Å². The molecule has 0 spiro atoms. The van der Waals surface area contributed by atoms with Gasteiger partial charge in [0.25, 0.3) is 0 Å². The first kappa shape index (κ1) is 15.7. The molecule has 0 radical (unpaired) electrons. The second-order valence-electron chi connectivity index (χ2n) is 6.15. The summed E-state index contributed by atoms with van der Waals surface area (Å²) in [5.41, 5.74) is 2.10. The van der Waals surface area contributed by atoms with Gasteiger partial charge in [0.1, 0.15) is 0 Å². The van der Waals surface area contributed by atoms with Gasteiger partial charge in [-0.1, -0.05) is 24.3 Å². The van der Waals surface area contributed by atoms with Crippen molar-refractivity contribution in [3.63, 3.8) is 0 Å². The number of aromatic nitrogens is 1. The van der Waals surface area contributed by atoms with E-state index in [1.165, 1.54) is 29.7 Å². The molecule has 1 saturated heterocycles. The monoisotopic (exact) mass is 339 g/mol. The van der Waals surface area contributed by atoms with Gasteiger partial charge in [0.15, 0.2) is 5.13 Å². The van der Waals surface area contributed by atoms with Gasteiger partial charge in [0, 0.05) is 6.54 Å². The zero-order valence-corrected chi connectivity index (χ0v) is 14.5. The first-order valence-electron chi connectivity index (χ1n) is 7.49. The molecular weight excluding hydrogens is 318 g/mol. The van der Waals surface area contributed by atoms with E-state index in [1.54, 1.807) is 0 Å². The number of hydrogen-bond acceptors (Lipinski definition) is 5. The van der Waals surface area contributed by atoms with Crippen LogP contribution < -0.4 is 4.72 Å². The molecule has 3 rings (SSSR count). The largest absolute Gasteiger partial charge is 0.299 e. The third kappa shape index (κ3) is 3.97. The molecule has 1 N–H and O–H groups in total. The second kappa shape index (κ2) is 6.14. The molecule has 0 amide bonds. The fraction of sp³-hybridized carbons (Fsp3) is 0.533. The normalized spacial score (nSPS) is 17.9. The van der Waals surface area contributed by atoms with Crippen LogP contribution >= 0.6 is 11.3 Å². The third-order valence-electron chi connectivity index (χ3n) is 4.01. The molecule has 7 heteroatoms. The van der Waals surface area contributed by atoms with Crippen LogP contribution in [0, 0.1) is 5.92 Å². The maximum Gasteiger partial charge on any atom is 0.231 e. The molecule has 1 aliphatic rings. The zero-order chi connectivity index (χ0) is 15.7. The molecule has 0 aliphatic carbocycles. The number of rotatable bonds is 4. The lowest BCUT2D eigenvalue weighted by Gasteiger charge is -2.30. The van der Waals surface area contributed by atoms with Crippen LogP contribution in [0.3, 0.4) is 0 Å². The molecule has 22 heavy (non-hydrogen) atoms. The van der Waals surface area contributed by atoms with Gasteiger partial charge in [-0.15, -0.1) is 0 Å². The van der Waals surface area contributed by atoms with Gasteiger partial charge in [-0.2, -0.15) is 0 Å². The number of likely N-dealkylation sites (tertiary alicyclic amines) is 1. The van der Waals surface area contributed by atoms with E-state index >= 15 is 0 Å². The number of anilines is 1. The highest BCUT2D eigenvalue weighted by molar-refractivity contribution is 7.92. The lowest BCUT2D eigenvalue weighted by molar-refractivity contribution is 0.185. The van der Waals surface area contributed by atoms with Gasteiger partial charge >= 0.3 is 0 Å². The highest BCUT2D eigenvalue weighted by Gasteiger charge is 2.16. The first-order chi connectivity index (χ1) is 10.4. The zero-order valence-electron chi connectivity index (χ0n) is 12.9. The summed E-state index contributed by atoms with van der Waals surface area (Å²) in [5, 5.41) is 0.432. The minimum absolute atomic E-state index is 0.432. The summed E-state index contributed by atoms with van der Waals surface area (Å²) in [6.45, 7) is 5.58. The Balaban J connectivity index is 1.75. The average molecular weight is 339 g/mol. The average Bonchev–Trinajstić information content (AvgIpc) is 2.80. The van der Waals surface area contributed by atoms with E-state index in [2.05, 4.69) is 33.7 Å². The summed E-state index contributed by atoms with van der Waals surface area (Å²) in [5.74, 6) is 0.838. The lowest BCUT2D eigenvalue weighted by atomic mass is 9.99. The van der Waals surface area contributed by atoms with Gasteiger partial charge in [-0.3, -0.25) is 9.62 Å². The number of benzene rings is 1. The molecule has 1 aromatic carbocycles. The number of nitrogens with zero attached hydrogens (tertiary/aromatic N) is 2. The maximum absolute atomic E-state index is 11.3. The predicted molar refractivity (Wildman–Crippen MR) is 91.8 cm³/mol. The number of fused-ring (bicyclic) bond motifs is 1. The van der Waals surface area contributed by atoms with Crippen LogP contribution in [-0.2, 0) is 16.6 Å². The molecule has 2 heterocycles. The SMILES string of the molecule is CC1CCN(Cc2ccc3nc(NS(C)(=O)=O)sc3c2)CC1. The Kier molecular flexibility index (Phi) is 4.38. The summed E-state index contributed by atoms with van der Waals surface area (Å²) in [7, 11) is -3.27. The van der Waals surface area contributed by atoms with Crippen LogP contribution in [0.1, 0.15) is 25.3 Å². The highest BCUT2D eigenvalue weighted by Crippen LogP contribution is 2.28. The standard InChI is InChI=1S/C15H21N3O2S2/c1-11-5-7-18(8-6-11)10-12-3-4-13-14(9-12)21-15(16-13)17-22(2,19)20/h3-4,9,11H,5-8,10H2,1-2H3,(H,16,17). The number of thiazole rings is 1. The Hall–Kier alpha value is -1.18. The van der Waals surface area contributed by atoms with Gasteiger partial charge in [-0.05, 0) is 49.5 Å². The smallest absolute Gasteiger partial charge is 0.231 e. The van der Waals surface area contributed by atoms with Crippen molar-refractivity contribution in [2.24, 2.45) is 5.92 Å². The van der Waals surface area contributed by atoms with Crippen molar-refractivity contribution in [1.82, 2.24) is 9.88 Å². The fourth-order valence-electron chi connectivity index (χ4n) is 2.75. The number of nitrogens with one attached hydrogen (secondary N) is 1. The Bertz CT molecular complexity index is 762. The fourth-order valence-corrected chi connectivity index (χ4v) is 4.51. The van der Waals surface area contributed by atoms with Crippen LogP contribution in [-0.4, -0.2) is 37.6 Å². The molecular formula is C15H21N3O2S2. The molecule has 0 bridgehead atoms. The molecule has 5 nitrogen and oxygen atoms in total. The minimum Gasteiger partial charge on any atom is -0.299 e. The maximum atomic E-state index is 11.3. The van der Waals surface area contributed by atoms with Gasteiger partial charge in [-0.25, -0.2) is 13.4 Å². The van der Waals surface area contributed by atoms with Crippen LogP contribution in [0.2, 0.25) is 0 Å². The van der Waals surface area contributed by atoms with Crippen molar-refractivity contribution < 1.29 is 8.42 Å². The van der Waals surface area contributed by atoms with Crippen molar-refractivity contribution in [2.75, 3.05) is 24.1 Å². The van der Waals surface area contributed by atoms with E-state index in [1.807, 2.05) is 6.07 Å². The molecule has 1 aliphatic heterocycles. The van der Waals surface area contributed by atoms with Crippen LogP contribution in [0.25, 0.3) is 10.2 Å². The summed E-state index contributed by atoms with van der Waals surface area (Å²) in [4.78, 5) is 6.79. The van der Waals surface area contributed by atoms with Crippen molar-refractivity contribution in [1.29, 1.82) is 0 Å². The molecule has 0 unspecified atom stereocenters. The Morgan fingerprint density at radius 3 is 2.77 bits per heavy atom. The first-order valence-corrected chi connectivity index (χ1v) is 10.2. The van der Waals surface area contributed by atoms with Crippen molar-refractivity contribution >= 4 is 36.7 Å². The van der Waals surface area contributed by atoms with Crippen LogP contribution in [0.15, 0.2) is 18.2 Å². The Morgan fingerprint density at radius 1 is 1.36 bits per heavy atom. The van der Waals surface area contributed by atoms with E-state index in [-0.39, 0.29) is 0 Å². The molecule has 120 valence electrons. The van der Waals surface area contributed by atoms with Crippen LogP contribution in [0.5, 0.6) is 0 Å². The van der Waals surface area contributed by atoms with Crippen molar-refractivity contribution in [3.05, 3.63) is 23.8 Å². The summed E-state index contributed by atoms with van der Waals surface area (Å²) in [6.07, 6.45) is 3.68. The predicted octanol–water partition coefficient (Wildman–Crippen LogP) is 2.90. The topological polar surface area (TPSA) is 62.3 Å². The van der Waals surface area contributed by atoms with E-state index in [0.717, 1.165) is 42.0 Å². The molecule has 0 saturated carbocycles. The van der Waals surface area contributed by atoms with Gasteiger partial charge in [0.2, 0.25) is 10.0 Å². The van der Waals surface area contributed by atoms with E-state index in [4.69, 9.17) is 0 Å². The molecule has 0 atom stereocenters.